The van der Waals surface area contributed by atoms with Gasteiger partial charge in [-0.15, -0.1) is 0 Å². The molecule has 0 fully saturated rings. The highest BCUT2D eigenvalue weighted by atomic mass is 32.2. The summed E-state index contributed by atoms with van der Waals surface area (Å²) < 4.78 is 27.5. The molecule has 8 heteroatoms. The van der Waals surface area contributed by atoms with Crippen LogP contribution < -0.4 is 0 Å². The molecule has 1 aliphatic rings. The standard InChI is InChI=1S/C22H16N2O5S/c1-15-10-12-17(13-11-15)30(28,29)23-21(18-7-3-4-8-19(18)22(23)25)14-16-6-2-5-9-20(16)24(26)27/h2-14H,1H3/b21-14+. The van der Waals surface area contributed by atoms with Gasteiger partial charge in [-0.1, -0.05) is 48.0 Å². The number of rotatable bonds is 4. The number of carbonyl (C=O) groups is 1. The summed E-state index contributed by atoms with van der Waals surface area (Å²) in [6.45, 7) is 1.83. The normalized spacial score (nSPS) is 14.8. The third-order valence-electron chi connectivity index (χ3n) is 4.82. The Morgan fingerprint density at radius 2 is 1.50 bits per heavy atom. The fraction of sp³-hybridized carbons (Fsp3) is 0.0455. The van der Waals surface area contributed by atoms with Gasteiger partial charge in [-0.05, 0) is 37.3 Å². The molecule has 30 heavy (non-hydrogen) atoms. The van der Waals surface area contributed by atoms with Crippen LogP contribution in [0.2, 0.25) is 0 Å². The number of carbonyl (C=O) groups excluding carboxylic acids is 1. The zero-order chi connectivity index (χ0) is 21.5. The van der Waals surface area contributed by atoms with Gasteiger partial charge in [-0.2, -0.15) is 4.31 Å². The van der Waals surface area contributed by atoms with Gasteiger partial charge in [0.15, 0.2) is 0 Å². The maximum Gasteiger partial charge on any atom is 0.276 e. The predicted molar refractivity (Wildman–Crippen MR) is 112 cm³/mol. The Morgan fingerprint density at radius 3 is 2.17 bits per heavy atom. The first kappa shape index (κ1) is 19.5. The molecule has 0 aromatic heterocycles. The highest BCUT2D eigenvalue weighted by Gasteiger charge is 2.41. The highest BCUT2D eigenvalue weighted by Crippen LogP contribution is 2.39. The second-order valence-corrected chi connectivity index (χ2v) is 8.57. The van der Waals surface area contributed by atoms with Crippen molar-refractivity contribution in [3.63, 3.8) is 0 Å². The van der Waals surface area contributed by atoms with Gasteiger partial charge in [0.05, 0.1) is 26.6 Å². The maximum atomic E-state index is 13.4. The van der Waals surface area contributed by atoms with E-state index in [-0.39, 0.29) is 27.4 Å². The summed E-state index contributed by atoms with van der Waals surface area (Å²) in [5, 5.41) is 11.4. The van der Waals surface area contributed by atoms with E-state index in [1.807, 2.05) is 6.92 Å². The quantitative estimate of drug-likeness (QED) is 0.464. The first-order valence-corrected chi connectivity index (χ1v) is 10.5. The Hall–Kier alpha value is -3.78. The van der Waals surface area contributed by atoms with E-state index >= 15 is 0 Å². The number of nitro benzene ring substituents is 1. The fourth-order valence-corrected chi connectivity index (χ4v) is 4.75. The number of hydrogen-bond acceptors (Lipinski definition) is 5. The lowest BCUT2D eigenvalue weighted by Crippen LogP contribution is -2.30. The SMILES string of the molecule is Cc1ccc(S(=O)(=O)N2C(=O)c3ccccc3/C2=C\c2ccccc2[N+](=O)[O-])cc1. The smallest absolute Gasteiger partial charge is 0.268 e. The van der Waals surface area contributed by atoms with Crippen LogP contribution in [-0.2, 0) is 10.0 Å². The summed E-state index contributed by atoms with van der Waals surface area (Å²) in [7, 11) is -4.23. The Morgan fingerprint density at radius 1 is 0.900 bits per heavy atom. The van der Waals surface area contributed by atoms with E-state index in [4.69, 9.17) is 0 Å². The molecule has 1 heterocycles. The number of sulfonamides is 1. The van der Waals surface area contributed by atoms with Crippen molar-refractivity contribution in [3.8, 4) is 0 Å². The Balaban J connectivity index is 1.95. The minimum atomic E-state index is -4.23. The third-order valence-corrected chi connectivity index (χ3v) is 6.53. The number of nitro groups is 1. The van der Waals surface area contributed by atoms with Crippen LogP contribution >= 0.6 is 0 Å². The first-order valence-electron chi connectivity index (χ1n) is 9.01. The zero-order valence-corrected chi connectivity index (χ0v) is 16.7. The average molecular weight is 420 g/mol. The molecule has 1 amide bonds. The van der Waals surface area contributed by atoms with Gasteiger partial charge in [0, 0.05) is 11.6 Å². The number of benzene rings is 3. The lowest BCUT2D eigenvalue weighted by atomic mass is 10.1. The van der Waals surface area contributed by atoms with Crippen molar-refractivity contribution in [1.82, 2.24) is 4.31 Å². The van der Waals surface area contributed by atoms with Gasteiger partial charge >= 0.3 is 0 Å². The molecular weight excluding hydrogens is 404 g/mol. The molecule has 1 aliphatic heterocycles. The van der Waals surface area contributed by atoms with Crippen LogP contribution in [0.25, 0.3) is 11.8 Å². The molecule has 4 rings (SSSR count). The van der Waals surface area contributed by atoms with Gasteiger partial charge in [0.25, 0.3) is 21.6 Å². The number of hydrogen-bond donors (Lipinski definition) is 0. The molecule has 0 atom stereocenters. The molecular formula is C22H16N2O5S. The monoisotopic (exact) mass is 420 g/mol. The van der Waals surface area contributed by atoms with Gasteiger partial charge in [0.2, 0.25) is 0 Å². The van der Waals surface area contributed by atoms with Crippen molar-refractivity contribution in [2.75, 3.05) is 0 Å². The summed E-state index contributed by atoms with van der Waals surface area (Å²) in [5.74, 6) is -0.698. The van der Waals surface area contributed by atoms with Crippen LogP contribution in [0.3, 0.4) is 0 Å². The van der Waals surface area contributed by atoms with Gasteiger partial charge in [-0.3, -0.25) is 14.9 Å². The van der Waals surface area contributed by atoms with Gasteiger partial charge in [0.1, 0.15) is 0 Å². The van der Waals surface area contributed by atoms with Crippen LogP contribution in [0, 0.1) is 17.0 Å². The average Bonchev–Trinajstić information content (AvgIpc) is 3.01. The summed E-state index contributed by atoms with van der Waals surface area (Å²) in [6.07, 6.45) is 1.37. The minimum absolute atomic E-state index is 0.0392. The molecule has 0 unspecified atom stereocenters. The molecule has 0 radical (unpaired) electrons. The minimum Gasteiger partial charge on any atom is -0.268 e. The summed E-state index contributed by atoms with van der Waals surface area (Å²) >= 11 is 0. The van der Waals surface area contributed by atoms with Crippen molar-refractivity contribution >= 4 is 33.4 Å². The molecule has 0 saturated heterocycles. The van der Waals surface area contributed by atoms with Gasteiger partial charge in [-0.25, -0.2) is 8.42 Å². The van der Waals surface area contributed by atoms with Crippen molar-refractivity contribution in [2.45, 2.75) is 11.8 Å². The molecule has 0 N–H and O–H groups in total. The largest absolute Gasteiger partial charge is 0.276 e. The fourth-order valence-electron chi connectivity index (χ4n) is 3.33. The number of amides is 1. The molecule has 3 aromatic rings. The summed E-state index contributed by atoms with van der Waals surface area (Å²) in [6, 6.07) is 18.6. The molecule has 7 nitrogen and oxygen atoms in total. The molecule has 0 aliphatic carbocycles. The molecule has 150 valence electrons. The Kier molecular flexibility index (Phi) is 4.71. The van der Waals surface area contributed by atoms with Crippen molar-refractivity contribution in [2.24, 2.45) is 0 Å². The first-order chi connectivity index (χ1) is 14.3. The predicted octanol–water partition coefficient (Wildman–Crippen LogP) is 4.25. The zero-order valence-electron chi connectivity index (χ0n) is 15.8. The van der Waals surface area contributed by atoms with E-state index in [2.05, 4.69) is 0 Å². The van der Waals surface area contributed by atoms with E-state index in [1.54, 1.807) is 36.4 Å². The van der Waals surface area contributed by atoms with E-state index in [9.17, 15) is 23.3 Å². The number of nitrogens with zero attached hydrogens (tertiary/aromatic N) is 2. The van der Waals surface area contributed by atoms with E-state index in [0.29, 0.717) is 5.56 Å². The van der Waals surface area contributed by atoms with E-state index in [0.717, 1.165) is 9.87 Å². The molecule has 0 spiro atoms. The Bertz CT molecular complexity index is 1310. The van der Waals surface area contributed by atoms with Crippen LogP contribution in [0.15, 0.2) is 77.7 Å². The van der Waals surface area contributed by atoms with Crippen LogP contribution in [0.5, 0.6) is 0 Å². The summed E-state index contributed by atoms with van der Waals surface area (Å²) in [5.41, 5.74) is 1.58. The molecule has 3 aromatic carbocycles. The Labute approximate surface area is 173 Å². The van der Waals surface area contributed by atoms with Crippen LogP contribution in [0.4, 0.5) is 5.69 Å². The van der Waals surface area contributed by atoms with Crippen molar-refractivity contribution < 1.29 is 18.1 Å². The van der Waals surface area contributed by atoms with E-state index in [1.165, 1.54) is 42.5 Å². The van der Waals surface area contributed by atoms with E-state index < -0.39 is 20.9 Å². The summed E-state index contributed by atoms with van der Waals surface area (Å²) in [4.78, 5) is 23.9. The topological polar surface area (TPSA) is 97.6 Å². The number of fused-ring (bicyclic) bond motifs is 1. The van der Waals surface area contributed by atoms with Crippen molar-refractivity contribution in [1.29, 1.82) is 0 Å². The molecule has 0 saturated carbocycles. The lowest BCUT2D eigenvalue weighted by Gasteiger charge is -2.19. The number of aryl methyl sites for hydroxylation is 1. The number of para-hydroxylation sites is 1. The third kappa shape index (κ3) is 3.17. The van der Waals surface area contributed by atoms with Crippen LogP contribution in [0.1, 0.15) is 27.0 Å². The molecule has 0 bridgehead atoms. The lowest BCUT2D eigenvalue weighted by molar-refractivity contribution is -0.385. The maximum absolute atomic E-state index is 13.4. The van der Waals surface area contributed by atoms with Crippen molar-refractivity contribution in [3.05, 3.63) is 105 Å². The second kappa shape index (κ2) is 7.23. The second-order valence-electron chi connectivity index (χ2n) is 6.78. The highest BCUT2D eigenvalue weighted by molar-refractivity contribution is 7.90. The van der Waals surface area contributed by atoms with Crippen LogP contribution in [-0.4, -0.2) is 23.6 Å². The van der Waals surface area contributed by atoms with Gasteiger partial charge < -0.3 is 0 Å².